The normalized spacial score (nSPS) is 12.1. The van der Waals surface area contributed by atoms with Crippen LogP contribution in [0.5, 0.6) is 5.75 Å². The number of carbonyl (C=O) groups is 1. The number of ether oxygens (including phenoxy) is 1. The number of nitrogens with zero attached hydrogens (tertiary/aromatic N) is 1. The van der Waals surface area contributed by atoms with Crippen LogP contribution in [0.4, 0.5) is 5.69 Å². The molecule has 0 bridgehead atoms. The number of amides is 1. The third-order valence-electron chi connectivity index (χ3n) is 5.22. The van der Waals surface area contributed by atoms with Gasteiger partial charge in [-0.15, -0.1) is 0 Å². The highest BCUT2D eigenvalue weighted by molar-refractivity contribution is 7.92. The van der Waals surface area contributed by atoms with E-state index in [0.717, 1.165) is 15.4 Å². The SMILES string of the molecule is COc1ccccc1N(CC(=O)NC[C@H](C)c1ccccc1)S(=O)(=O)c1ccc(C)cc1. The number of hydrogen-bond donors (Lipinski definition) is 1. The summed E-state index contributed by atoms with van der Waals surface area (Å²) in [5.41, 5.74) is 2.35. The van der Waals surface area contributed by atoms with Crippen LogP contribution in [0.15, 0.2) is 83.8 Å². The standard InChI is InChI=1S/C25H28N2O4S/c1-19-13-15-22(16-14-19)32(29,30)27(23-11-7-8-12-24(23)31-3)18-25(28)26-17-20(2)21-9-5-4-6-10-21/h4-16,20H,17-18H2,1-3H3,(H,26,28)/t20-/m0/s1. The monoisotopic (exact) mass is 452 g/mol. The highest BCUT2D eigenvalue weighted by Crippen LogP contribution is 2.32. The van der Waals surface area contributed by atoms with Crippen molar-refractivity contribution >= 4 is 21.6 Å². The summed E-state index contributed by atoms with van der Waals surface area (Å²) in [7, 11) is -2.53. The van der Waals surface area contributed by atoms with Gasteiger partial charge in [0.05, 0.1) is 17.7 Å². The predicted octanol–water partition coefficient (Wildman–Crippen LogP) is 4.12. The van der Waals surface area contributed by atoms with Crippen molar-refractivity contribution in [1.82, 2.24) is 5.32 Å². The summed E-state index contributed by atoms with van der Waals surface area (Å²) in [6.07, 6.45) is 0. The minimum absolute atomic E-state index is 0.0913. The Morgan fingerprint density at radius 1 is 0.969 bits per heavy atom. The number of para-hydroxylation sites is 2. The Balaban J connectivity index is 1.86. The van der Waals surface area contributed by atoms with Crippen LogP contribution in [-0.2, 0) is 14.8 Å². The summed E-state index contributed by atoms with van der Waals surface area (Å²) >= 11 is 0. The zero-order valence-electron chi connectivity index (χ0n) is 18.5. The van der Waals surface area contributed by atoms with Gasteiger partial charge in [0.1, 0.15) is 12.3 Å². The first-order valence-corrected chi connectivity index (χ1v) is 11.8. The Hall–Kier alpha value is -3.32. The second kappa shape index (κ2) is 10.3. The summed E-state index contributed by atoms with van der Waals surface area (Å²) in [5.74, 6) is 0.0663. The van der Waals surface area contributed by atoms with Gasteiger partial charge in [-0.2, -0.15) is 0 Å². The average Bonchev–Trinajstić information content (AvgIpc) is 2.81. The number of carbonyl (C=O) groups excluding carboxylic acids is 1. The summed E-state index contributed by atoms with van der Waals surface area (Å²) in [6.45, 7) is 3.93. The van der Waals surface area contributed by atoms with E-state index in [1.54, 1.807) is 48.5 Å². The fourth-order valence-corrected chi connectivity index (χ4v) is 4.76. The minimum Gasteiger partial charge on any atom is -0.495 e. The van der Waals surface area contributed by atoms with E-state index in [1.807, 2.05) is 44.2 Å². The largest absolute Gasteiger partial charge is 0.495 e. The van der Waals surface area contributed by atoms with Crippen molar-refractivity contribution in [3.8, 4) is 5.75 Å². The lowest BCUT2D eigenvalue weighted by Gasteiger charge is -2.26. The number of anilines is 1. The first kappa shape index (κ1) is 23.3. The molecular weight excluding hydrogens is 424 g/mol. The summed E-state index contributed by atoms with van der Waals surface area (Å²) in [6, 6.07) is 23.2. The molecule has 0 spiro atoms. The zero-order chi connectivity index (χ0) is 23.1. The van der Waals surface area contributed by atoms with Gasteiger partial charge in [-0.1, -0.05) is 67.1 Å². The second-order valence-corrected chi connectivity index (χ2v) is 9.47. The number of nitrogens with one attached hydrogen (secondary N) is 1. The molecule has 1 atom stereocenters. The molecule has 0 unspecified atom stereocenters. The lowest BCUT2D eigenvalue weighted by atomic mass is 10.0. The maximum Gasteiger partial charge on any atom is 0.264 e. The van der Waals surface area contributed by atoms with Crippen molar-refractivity contribution in [1.29, 1.82) is 0 Å². The van der Waals surface area contributed by atoms with Gasteiger partial charge in [-0.05, 0) is 42.7 Å². The van der Waals surface area contributed by atoms with E-state index < -0.39 is 15.9 Å². The second-order valence-electron chi connectivity index (χ2n) is 7.61. The van der Waals surface area contributed by atoms with Crippen LogP contribution in [0, 0.1) is 6.92 Å². The van der Waals surface area contributed by atoms with Crippen LogP contribution in [0.25, 0.3) is 0 Å². The van der Waals surface area contributed by atoms with E-state index in [0.29, 0.717) is 18.0 Å². The van der Waals surface area contributed by atoms with Crippen molar-refractivity contribution < 1.29 is 17.9 Å². The van der Waals surface area contributed by atoms with Crippen LogP contribution in [0.1, 0.15) is 24.0 Å². The minimum atomic E-state index is -4.00. The molecule has 0 heterocycles. The first-order valence-electron chi connectivity index (χ1n) is 10.4. The summed E-state index contributed by atoms with van der Waals surface area (Å²) in [4.78, 5) is 12.9. The zero-order valence-corrected chi connectivity index (χ0v) is 19.3. The number of hydrogen-bond acceptors (Lipinski definition) is 4. The van der Waals surface area contributed by atoms with E-state index in [1.165, 1.54) is 7.11 Å². The maximum atomic E-state index is 13.5. The molecule has 3 aromatic rings. The predicted molar refractivity (Wildman–Crippen MR) is 127 cm³/mol. The van der Waals surface area contributed by atoms with E-state index in [9.17, 15) is 13.2 Å². The highest BCUT2D eigenvalue weighted by atomic mass is 32.2. The topological polar surface area (TPSA) is 75.7 Å². The van der Waals surface area contributed by atoms with Gasteiger partial charge in [0.25, 0.3) is 10.0 Å². The third-order valence-corrected chi connectivity index (χ3v) is 7.00. The molecule has 1 amide bonds. The van der Waals surface area contributed by atoms with E-state index in [4.69, 9.17) is 4.74 Å². The summed E-state index contributed by atoms with van der Waals surface area (Å²) < 4.78 is 33.5. The molecule has 0 aromatic heterocycles. The molecular formula is C25H28N2O4S. The van der Waals surface area contributed by atoms with Crippen LogP contribution in [0.2, 0.25) is 0 Å². The molecule has 0 radical (unpaired) electrons. The maximum absolute atomic E-state index is 13.5. The van der Waals surface area contributed by atoms with Crippen molar-refractivity contribution in [2.75, 3.05) is 24.5 Å². The molecule has 3 aromatic carbocycles. The van der Waals surface area contributed by atoms with Crippen molar-refractivity contribution in [3.05, 3.63) is 90.0 Å². The van der Waals surface area contributed by atoms with Crippen LogP contribution in [0.3, 0.4) is 0 Å². The molecule has 168 valence electrons. The Bertz CT molecular complexity index is 1150. The Morgan fingerprint density at radius 2 is 1.59 bits per heavy atom. The fraction of sp³-hybridized carbons (Fsp3) is 0.240. The van der Waals surface area contributed by atoms with E-state index >= 15 is 0 Å². The molecule has 3 rings (SSSR count). The quantitative estimate of drug-likeness (QED) is 0.530. The van der Waals surface area contributed by atoms with Crippen molar-refractivity contribution in [3.63, 3.8) is 0 Å². The number of aryl methyl sites for hydroxylation is 1. The van der Waals surface area contributed by atoms with Crippen molar-refractivity contribution in [2.24, 2.45) is 0 Å². The summed E-state index contributed by atoms with van der Waals surface area (Å²) in [5, 5.41) is 2.87. The Morgan fingerprint density at radius 3 is 2.25 bits per heavy atom. The molecule has 0 saturated carbocycles. The number of benzene rings is 3. The fourth-order valence-electron chi connectivity index (χ4n) is 3.33. The van der Waals surface area contributed by atoms with Gasteiger partial charge in [0, 0.05) is 6.54 Å². The first-order chi connectivity index (χ1) is 15.3. The molecule has 32 heavy (non-hydrogen) atoms. The highest BCUT2D eigenvalue weighted by Gasteiger charge is 2.29. The molecule has 0 aliphatic rings. The van der Waals surface area contributed by atoms with Crippen LogP contribution < -0.4 is 14.4 Å². The molecule has 0 aliphatic carbocycles. The van der Waals surface area contributed by atoms with E-state index in [-0.39, 0.29) is 17.4 Å². The molecule has 0 fully saturated rings. The number of sulfonamides is 1. The number of methoxy groups -OCH3 is 1. The van der Waals surface area contributed by atoms with Gasteiger partial charge >= 0.3 is 0 Å². The van der Waals surface area contributed by atoms with Gasteiger partial charge in [0.2, 0.25) is 5.91 Å². The van der Waals surface area contributed by atoms with Gasteiger partial charge < -0.3 is 10.1 Å². The van der Waals surface area contributed by atoms with E-state index in [2.05, 4.69) is 5.32 Å². The molecule has 6 nitrogen and oxygen atoms in total. The molecule has 0 aliphatic heterocycles. The van der Waals surface area contributed by atoms with Gasteiger partial charge in [-0.3, -0.25) is 9.10 Å². The van der Waals surface area contributed by atoms with Gasteiger partial charge in [-0.25, -0.2) is 8.42 Å². The Labute approximate surface area is 189 Å². The smallest absolute Gasteiger partial charge is 0.264 e. The molecule has 1 N–H and O–H groups in total. The lowest BCUT2D eigenvalue weighted by Crippen LogP contribution is -2.42. The van der Waals surface area contributed by atoms with Crippen LogP contribution in [-0.4, -0.2) is 34.5 Å². The Kier molecular flexibility index (Phi) is 7.53. The lowest BCUT2D eigenvalue weighted by molar-refractivity contribution is -0.119. The third kappa shape index (κ3) is 5.48. The van der Waals surface area contributed by atoms with Crippen LogP contribution >= 0.6 is 0 Å². The number of rotatable bonds is 9. The van der Waals surface area contributed by atoms with Gasteiger partial charge in [0.15, 0.2) is 0 Å². The molecule has 7 heteroatoms. The van der Waals surface area contributed by atoms with Crippen molar-refractivity contribution in [2.45, 2.75) is 24.7 Å². The average molecular weight is 453 g/mol. The molecule has 0 saturated heterocycles.